The molecule has 0 atom stereocenters. The van der Waals surface area contributed by atoms with E-state index in [4.69, 9.17) is 0 Å². The Bertz CT molecular complexity index is 158. The summed E-state index contributed by atoms with van der Waals surface area (Å²) in [5, 5.41) is -3.90. The van der Waals surface area contributed by atoms with Crippen LogP contribution in [-0.4, -0.2) is 20.0 Å². The summed E-state index contributed by atoms with van der Waals surface area (Å²) < 4.78 is 36.9. The van der Waals surface area contributed by atoms with Crippen molar-refractivity contribution in [3.8, 4) is 0 Å². The van der Waals surface area contributed by atoms with Crippen molar-refractivity contribution in [1.82, 2.24) is 0 Å². The van der Waals surface area contributed by atoms with Crippen molar-refractivity contribution in [2.75, 3.05) is 0 Å². The maximum absolute atomic E-state index is 12.3. The maximum atomic E-state index is 12.3. The predicted molar refractivity (Wildman–Crippen MR) is 57.1 cm³/mol. The Kier molecular flexibility index (Phi) is 6.06. The molecular formula is C11H19F3Se. The van der Waals surface area contributed by atoms with Crippen LogP contribution >= 0.6 is 0 Å². The number of hydrogen-bond acceptors (Lipinski definition) is 0. The third kappa shape index (κ3) is 7.24. The first-order valence-electron chi connectivity index (χ1n) is 5.82. The average Bonchev–Trinajstić information content (AvgIpc) is 2.13. The summed E-state index contributed by atoms with van der Waals surface area (Å²) in [7, 11) is 0. The van der Waals surface area contributed by atoms with Gasteiger partial charge < -0.3 is 0 Å². The standard InChI is InChI=1S/C11H19F3Se/c12-11(13,14)15-10-8-6-4-2-1-3-5-7-9-10/h10H,1-9H2. The summed E-state index contributed by atoms with van der Waals surface area (Å²) in [5.74, 6) is 0. The molecule has 15 heavy (non-hydrogen) atoms. The van der Waals surface area contributed by atoms with Crippen LogP contribution in [0.3, 0.4) is 0 Å². The molecule has 0 aliphatic heterocycles. The van der Waals surface area contributed by atoms with Crippen LogP contribution in [0.2, 0.25) is 4.82 Å². The summed E-state index contributed by atoms with van der Waals surface area (Å²) in [6.45, 7) is 0. The average molecular weight is 287 g/mol. The van der Waals surface area contributed by atoms with Crippen molar-refractivity contribution in [3.63, 3.8) is 0 Å². The van der Waals surface area contributed by atoms with Crippen LogP contribution in [0.4, 0.5) is 13.2 Å². The molecular weight excluding hydrogens is 268 g/mol. The molecule has 0 N–H and O–H groups in total. The number of rotatable bonds is 1. The van der Waals surface area contributed by atoms with Gasteiger partial charge in [-0.15, -0.1) is 0 Å². The first-order chi connectivity index (χ1) is 7.08. The summed E-state index contributed by atoms with van der Waals surface area (Å²) in [5.41, 5.74) is 0. The molecule has 1 rings (SSSR count). The van der Waals surface area contributed by atoms with Crippen LogP contribution in [0.1, 0.15) is 57.8 Å². The Morgan fingerprint density at radius 2 is 1.13 bits per heavy atom. The summed E-state index contributed by atoms with van der Waals surface area (Å²) >= 11 is -1.15. The molecule has 0 spiro atoms. The molecule has 1 saturated carbocycles. The van der Waals surface area contributed by atoms with Crippen LogP contribution in [-0.2, 0) is 0 Å². The molecule has 4 heteroatoms. The zero-order valence-electron chi connectivity index (χ0n) is 8.98. The van der Waals surface area contributed by atoms with Crippen molar-refractivity contribution >= 4 is 15.0 Å². The van der Waals surface area contributed by atoms with E-state index in [0.29, 0.717) is 0 Å². The fourth-order valence-corrected chi connectivity index (χ4v) is 4.07. The van der Waals surface area contributed by atoms with Crippen molar-refractivity contribution < 1.29 is 13.2 Å². The second-order valence-electron chi connectivity index (χ2n) is 4.24. The summed E-state index contributed by atoms with van der Waals surface area (Å²) in [6, 6.07) is 0. The monoisotopic (exact) mass is 288 g/mol. The minimum absolute atomic E-state index is 0.0457. The van der Waals surface area contributed by atoms with Gasteiger partial charge in [0.15, 0.2) is 0 Å². The summed E-state index contributed by atoms with van der Waals surface area (Å²) in [4.78, 5) is -0.0457. The molecule has 0 aromatic rings. The van der Waals surface area contributed by atoms with Gasteiger partial charge in [0.25, 0.3) is 0 Å². The van der Waals surface area contributed by atoms with E-state index in [9.17, 15) is 13.2 Å². The van der Waals surface area contributed by atoms with E-state index in [1.807, 2.05) is 0 Å². The number of halogens is 3. The SMILES string of the molecule is FC(F)(F)[Se]C1CCCCCCCCC1. The molecule has 0 amide bonds. The Morgan fingerprint density at radius 1 is 0.733 bits per heavy atom. The molecule has 1 fully saturated rings. The fraction of sp³-hybridized carbons (Fsp3) is 1.00. The first-order valence-corrected chi connectivity index (χ1v) is 7.67. The third-order valence-electron chi connectivity index (χ3n) is 2.85. The molecule has 90 valence electrons. The van der Waals surface area contributed by atoms with Crippen LogP contribution in [0.5, 0.6) is 0 Å². The molecule has 0 bridgehead atoms. The predicted octanol–water partition coefficient (Wildman–Crippen LogP) is 4.52. The molecule has 0 saturated heterocycles. The Balaban J connectivity index is 2.31. The molecule has 1 aliphatic carbocycles. The van der Waals surface area contributed by atoms with E-state index >= 15 is 0 Å². The second kappa shape index (κ2) is 6.80. The van der Waals surface area contributed by atoms with Crippen LogP contribution in [0.25, 0.3) is 0 Å². The molecule has 0 radical (unpaired) electrons. The zero-order chi connectivity index (χ0) is 11.1. The number of hydrogen-bond donors (Lipinski definition) is 0. The Morgan fingerprint density at radius 3 is 1.53 bits per heavy atom. The zero-order valence-corrected chi connectivity index (χ0v) is 10.7. The number of alkyl halides is 3. The molecule has 0 nitrogen and oxygen atoms in total. The van der Waals surface area contributed by atoms with Crippen molar-refractivity contribution in [2.24, 2.45) is 0 Å². The van der Waals surface area contributed by atoms with Gasteiger partial charge in [-0.25, -0.2) is 0 Å². The quantitative estimate of drug-likeness (QED) is 0.622. The third-order valence-corrected chi connectivity index (χ3v) is 5.10. The Labute approximate surface area is 96.2 Å². The molecule has 0 heterocycles. The van der Waals surface area contributed by atoms with E-state index < -0.39 is 20.0 Å². The van der Waals surface area contributed by atoms with E-state index in [1.54, 1.807) is 0 Å². The molecule has 1 aliphatic rings. The minimum atomic E-state index is -3.90. The second-order valence-corrected chi connectivity index (χ2v) is 7.10. The van der Waals surface area contributed by atoms with Gasteiger partial charge in [0.2, 0.25) is 0 Å². The Hall–Kier alpha value is 0.309. The van der Waals surface area contributed by atoms with Gasteiger partial charge in [-0.3, -0.25) is 0 Å². The van der Waals surface area contributed by atoms with Crippen molar-refractivity contribution in [3.05, 3.63) is 0 Å². The molecule has 0 aromatic carbocycles. The molecule has 0 unspecified atom stereocenters. The van der Waals surface area contributed by atoms with Crippen LogP contribution < -0.4 is 0 Å². The van der Waals surface area contributed by atoms with Gasteiger partial charge >= 0.3 is 95.8 Å². The van der Waals surface area contributed by atoms with Gasteiger partial charge in [0.05, 0.1) is 0 Å². The van der Waals surface area contributed by atoms with Gasteiger partial charge in [0, 0.05) is 0 Å². The summed E-state index contributed by atoms with van der Waals surface area (Å²) in [6.07, 6.45) is 9.57. The van der Waals surface area contributed by atoms with E-state index in [0.717, 1.165) is 38.5 Å². The van der Waals surface area contributed by atoms with Crippen LogP contribution in [0, 0.1) is 0 Å². The van der Waals surface area contributed by atoms with Gasteiger partial charge in [-0.1, -0.05) is 0 Å². The van der Waals surface area contributed by atoms with Gasteiger partial charge in [0.1, 0.15) is 0 Å². The van der Waals surface area contributed by atoms with Gasteiger partial charge in [-0.2, -0.15) is 0 Å². The van der Waals surface area contributed by atoms with E-state index in [2.05, 4.69) is 0 Å². The topological polar surface area (TPSA) is 0 Å². The van der Waals surface area contributed by atoms with E-state index in [1.165, 1.54) is 19.3 Å². The first kappa shape index (κ1) is 13.4. The van der Waals surface area contributed by atoms with Gasteiger partial charge in [-0.05, 0) is 0 Å². The van der Waals surface area contributed by atoms with Crippen molar-refractivity contribution in [2.45, 2.75) is 67.7 Å². The normalized spacial score (nSPS) is 22.6. The van der Waals surface area contributed by atoms with Crippen molar-refractivity contribution in [1.29, 1.82) is 0 Å². The molecule has 0 aromatic heterocycles. The van der Waals surface area contributed by atoms with Crippen LogP contribution in [0.15, 0.2) is 0 Å². The van der Waals surface area contributed by atoms with E-state index in [-0.39, 0.29) is 4.82 Å². The fourth-order valence-electron chi connectivity index (χ4n) is 2.08.